The summed E-state index contributed by atoms with van der Waals surface area (Å²) >= 11 is 6.63. The van der Waals surface area contributed by atoms with Crippen molar-refractivity contribution in [3.8, 4) is 11.5 Å². The molecule has 1 aliphatic carbocycles. The van der Waals surface area contributed by atoms with Crippen molar-refractivity contribution in [2.24, 2.45) is 5.92 Å². The zero-order valence-electron chi connectivity index (χ0n) is 18.4. The molecule has 31 heavy (non-hydrogen) atoms. The van der Waals surface area contributed by atoms with E-state index in [-0.39, 0.29) is 6.10 Å². The Balaban J connectivity index is 1.24. The molecule has 0 spiro atoms. The van der Waals surface area contributed by atoms with Gasteiger partial charge in [-0.3, -0.25) is 4.90 Å². The fraction of sp³-hybridized carbons (Fsp3) is 0.565. The molecular weight excluding hydrogens is 418 g/mol. The average molecular weight is 448 g/mol. The summed E-state index contributed by atoms with van der Waals surface area (Å²) in [5, 5.41) is 4.53. The van der Waals surface area contributed by atoms with Crippen LogP contribution in [0.1, 0.15) is 42.7 Å². The quantitative estimate of drug-likeness (QED) is 0.605. The van der Waals surface area contributed by atoms with Crippen LogP contribution < -0.4 is 9.47 Å². The van der Waals surface area contributed by atoms with Gasteiger partial charge in [0.2, 0.25) is 0 Å². The third-order valence-corrected chi connectivity index (χ3v) is 6.55. The first-order valence-electron chi connectivity index (χ1n) is 10.9. The molecule has 1 aliphatic heterocycles. The highest BCUT2D eigenvalue weighted by molar-refractivity contribution is 6.32. The highest BCUT2D eigenvalue weighted by Gasteiger charge is 2.33. The number of ether oxygens (including phenoxy) is 2. The zero-order chi connectivity index (χ0) is 22.0. The van der Waals surface area contributed by atoms with Gasteiger partial charge in [0.1, 0.15) is 11.4 Å². The Labute approximate surface area is 188 Å². The second-order valence-corrected chi connectivity index (χ2v) is 9.07. The third kappa shape index (κ3) is 5.15. The zero-order valence-corrected chi connectivity index (χ0v) is 19.2. The number of hydrogen-bond acceptors (Lipinski definition) is 6. The molecule has 4 rings (SSSR count). The molecule has 2 aliphatic rings. The van der Waals surface area contributed by atoms with Gasteiger partial charge in [0, 0.05) is 27.1 Å². The Morgan fingerprint density at radius 1 is 1.29 bits per heavy atom. The number of aromatic nitrogens is 1. The van der Waals surface area contributed by atoms with Crippen LogP contribution in [0.5, 0.6) is 11.5 Å². The third-order valence-electron chi connectivity index (χ3n) is 6.12. The number of amides is 1. The fourth-order valence-electron chi connectivity index (χ4n) is 4.30. The Bertz CT molecular complexity index is 900. The second kappa shape index (κ2) is 9.49. The minimum atomic E-state index is -0.406. The molecule has 0 N–H and O–H groups in total. The second-order valence-electron chi connectivity index (χ2n) is 8.69. The summed E-state index contributed by atoms with van der Waals surface area (Å²) in [6, 6.07) is 6.04. The molecule has 0 radical (unpaired) electrons. The lowest BCUT2D eigenvalue weighted by Gasteiger charge is -2.37. The van der Waals surface area contributed by atoms with E-state index in [0.717, 1.165) is 48.8 Å². The van der Waals surface area contributed by atoms with Gasteiger partial charge in [-0.25, -0.2) is 4.79 Å². The van der Waals surface area contributed by atoms with Crippen LogP contribution in [0.25, 0.3) is 0 Å². The molecule has 1 aromatic heterocycles. The summed E-state index contributed by atoms with van der Waals surface area (Å²) in [6.45, 7) is 7.24. The predicted octanol–water partition coefficient (Wildman–Crippen LogP) is 4.83. The lowest BCUT2D eigenvalue weighted by Crippen LogP contribution is -2.42. The molecule has 0 atom stereocenters. The number of rotatable bonds is 7. The van der Waals surface area contributed by atoms with Crippen LogP contribution in [-0.2, 0) is 6.54 Å². The van der Waals surface area contributed by atoms with Crippen molar-refractivity contribution in [1.82, 2.24) is 15.0 Å². The van der Waals surface area contributed by atoms with Crippen LogP contribution in [-0.4, -0.2) is 53.8 Å². The molecule has 0 unspecified atom stereocenters. The van der Waals surface area contributed by atoms with Gasteiger partial charge in [-0.1, -0.05) is 28.9 Å². The van der Waals surface area contributed by atoms with E-state index in [1.165, 1.54) is 12.8 Å². The van der Waals surface area contributed by atoms with Crippen LogP contribution in [0.2, 0.25) is 5.02 Å². The highest BCUT2D eigenvalue weighted by atomic mass is 35.5. The lowest BCUT2D eigenvalue weighted by molar-refractivity contribution is 0.0483. The molecule has 2 fully saturated rings. The standard InChI is InChI=1S/C23H30ClN3O4/c1-15-22(16(2)31-25-15)30-23(28)26(3)13-17-11-19(12-17)29-20-8-6-7-18(21(20)24)14-27-9-4-5-10-27/h6-8,17,19H,4-5,9-14H2,1-3H3. The molecule has 2 heterocycles. The number of halogens is 1. The molecule has 1 aromatic carbocycles. The molecule has 1 saturated heterocycles. The SMILES string of the molecule is Cc1noc(C)c1OC(=O)N(C)CC1CC(Oc2cccc(CN3CCCC3)c2Cl)C1. The Kier molecular flexibility index (Phi) is 6.72. The van der Waals surface area contributed by atoms with Gasteiger partial charge in [0.05, 0.1) is 11.1 Å². The maximum Gasteiger partial charge on any atom is 0.415 e. The van der Waals surface area contributed by atoms with Crippen molar-refractivity contribution in [1.29, 1.82) is 0 Å². The van der Waals surface area contributed by atoms with Crippen LogP contribution in [0.4, 0.5) is 4.79 Å². The van der Waals surface area contributed by atoms with Crippen LogP contribution in [0.3, 0.4) is 0 Å². The number of nitrogens with zero attached hydrogens (tertiary/aromatic N) is 3. The van der Waals surface area contributed by atoms with Gasteiger partial charge in [-0.15, -0.1) is 0 Å². The van der Waals surface area contributed by atoms with Crippen LogP contribution in [0, 0.1) is 19.8 Å². The van der Waals surface area contributed by atoms with E-state index in [2.05, 4.69) is 16.1 Å². The monoisotopic (exact) mass is 447 g/mol. The van der Waals surface area contributed by atoms with Crippen molar-refractivity contribution in [3.05, 3.63) is 40.2 Å². The molecule has 1 saturated carbocycles. The smallest absolute Gasteiger partial charge is 0.415 e. The normalized spacial score (nSPS) is 21.0. The predicted molar refractivity (Wildman–Crippen MR) is 118 cm³/mol. The average Bonchev–Trinajstić information content (AvgIpc) is 3.34. The summed E-state index contributed by atoms with van der Waals surface area (Å²) in [7, 11) is 1.74. The molecule has 0 bridgehead atoms. The van der Waals surface area contributed by atoms with Crippen molar-refractivity contribution in [3.63, 3.8) is 0 Å². The molecule has 2 aromatic rings. The van der Waals surface area contributed by atoms with Crippen LogP contribution >= 0.6 is 11.6 Å². The van der Waals surface area contributed by atoms with Crippen molar-refractivity contribution < 1.29 is 18.8 Å². The van der Waals surface area contributed by atoms with Crippen molar-refractivity contribution >= 4 is 17.7 Å². The summed E-state index contributed by atoms with van der Waals surface area (Å²) in [6.07, 6.45) is 4.01. The Hall–Kier alpha value is -2.25. The van der Waals surface area contributed by atoms with Crippen molar-refractivity contribution in [2.75, 3.05) is 26.7 Å². The lowest BCUT2D eigenvalue weighted by atomic mass is 9.82. The molecule has 1 amide bonds. The van der Waals surface area contributed by atoms with E-state index in [1.807, 2.05) is 12.1 Å². The Morgan fingerprint density at radius 3 is 2.71 bits per heavy atom. The van der Waals surface area contributed by atoms with Gasteiger partial charge in [0.15, 0.2) is 11.5 Å². The summed E-state index contributed by atoms with van der Waals surface area (Å²) in [5.41, 5.74) is 1.69. The maximum absolute atomic E-state index is 12.4. The number of hydrogen-bond donors (Lipinski definition) is 0. The van der Waals surface area contributed by atoms with Gasteiger partial charge < -0.3 is 18.9 Å². The number of likely N-dealkylation sites (tertiary alicyclic amines) is 1. The molecular formula is C23H30ClN3O4. The van der Waals surface area contributed by atoms with Crippen molar-refractivity contribution in [2.45, 2.75) is 52.2 Å². The molecule has 7 nitrogen and oxygen atoms in total. The largest absolute Gasteiger partial charge is 0.489 e. The van der Waals surface area contributed by atoms with E-state index < -0.39 is 6.09 Å². The van der Waals surface area contributed by atoms with Gasteiger partial charge >= 0.3 is 6.09 Å². The summed E-state index contributed by atoms with van der Waals surface area (Å²) in [4.78, 5) is 16.4. The topological polar surface area (TPSA) is 68.0 Å². The molecule has 8 heteroatoms. The number of aryl methyl sites for hydroxylation is 2. The highest BCUT2D eigenvalue weighted by Crippen LogP contribution is 2.36. The van der Waals surface area contributed by atoms with Crippen LogP contribution in [0.15, 0.2) is 22.7 Å². The van der Waals surface area contributed by atoms with E-state index in [1.54, 1.807) is 25.8 Å². The van der Waals surface area contributed by atoms with E-state index >= 15 is 0 Å². The summed E-state index contributed by atoms with van der Waals surface area (Å²) in [5.74, 6) is 2.03. The molecule has 168 valence electrons. The minimum absolute atomic E-state index is 0.122. The first kappa shape index (κ1) is 22.0. The number of benzene rings is 1. The van der Waals surface area contributed by atoms with E-state index in [9.17, 15) is 4.79 Å². The number of carbonyl (C=O) groups is 1. The fourth-order valence-corrected chi connectivity index (χ4v) is 4.53. The minimum Gasteiger partial charge on any atom is -0.489 e. The Morgan fingerprint density at radius 2 is 2.03 bits per heavy atom. The van der Waals surface area contributed by atoms with E-state index in [4.69, 9.17) is 25.6 Å². The maximum atomic E-state index is 12.4. The van der Waals surface area contributed by atoms with Gasteiger partial charge in [-0.05, 0) is 63.2 Å². The van der Waals surface area contributed by atoms with E-state index in [0.29, 0.717) is 29.7 Å². The van der Waals surface area contributed by atoms with Gasteiger partial charge in [0.25, 0.3) is 0 Å². The number of carbonyl (C=O) groups excluding carboxylic acids is 1. The summed E-state index contributed by atoms with van der Waals surface area (Å²) < 4.78 is 16.6. The van der Waals surface area contributed by atoms with Gasteiger partial charge in [-0.2, -0.15) is 0 Å². The first-order chi connectivity index (χ1) is 14.9. The first-order valence-corrected chi connectivity index (χ1v) is 11.3.